The van der Waals surface area contributed by atoms with Crippen molar-refractivity contribution in [3.05, 3.63) is 35.9 Å². The summed E-state index contributed by atoms with van der Waals surface area (Å²) in [5.41, 5.74) is 1.34. The van der Waals surface area contributed by atoms with Gasteiger partial charge in [0.05, 0.1) is 0 Å². The van der Waals surface area contributed by atoms with Crippen LogP contribution in [0.25, 0.3) is 0 Å². The smallest absolute Gasteiger partial charge is 0.223 e. The molecule has 0 heterocycles. The molecule has 0 aromatic heterocycles. The molecule has 2 rings (SSSR count). The highest BCUT2D eigenvalue weighted by molar-refractivity contribution is 14.0. The molecule has 1 aliphatic carbocycles. The Balaban J connectivity index is 0.00000480. The molecule has 0 saturated heterocycles. The molecule has 176 valence electrons. The highest BCUT2D eigenvalue weighted by Gasteiger charge is 2.28. The minimum atomic E-state index is 0. The standard InChI is InChI=1S/C24H41N5O.HI/c1-18(2)27-23(30)21-12-9-13-22(16-21)28-24(25-4)26-15-14-19(3)29(5)17-20-10-7-6-8-11-20;/h6-8,10-11,18-19,21-22H,9,12-17H2,1-5H3,(H,27,30)(H2,25,26,28);1H. The number of benzene rings is 1. The zero-order valence-electron chi connectivity index (χ0n) is 19.9. The number of aliphatic imine (C=N–C) groups is 1. The fourth-order valence-electron chi connectivity index (χ4n) is 4.00. The number of hydrogen-bond acceptors (Lipinski definition) is 3. The predicted molar refractivity (Wildman–Crippen MR) is 141 cm³/mol. The fraction of sp³-hybridized carbons (Fsp3) is 0.667. The zero-order valence-corrected chi connectivity index (χ0v) is 22.2. The van der Waals surface area contributed by atoms with E-state index in [1.165, 1.54) is 5.56 Å². The van der Waals surface area contributed by atoms with Crippen LogP contribution in [0, 0.1) is 5.92 Å². The van der Waals surface area contributed by atoms with Crippen LogP contribution in [0.4, 0.5) is 0 Å². The first-order valence-electron chi connectivity index (χ1n) is 11.4. The monoisotopic (exact) mass is 543 g/mol. The Labute approximate surface area is 206 Å². The van der Waals surface area contributed by atoms with Crippen LogP contribution >= 0.6 is 24.0 Å². The molecule has 0 aliphatic heterocycles. The SMILES string of the molecule is CN=C(NCCC(C)N(C)Cc1ccccc1)NC1CCCC(C(=O)NC(C)C)C1.I. The van der Waals surface area contributed by atoms with Crippen molar-refractivity contribution in [3.63, 3.8) is 0 Å². The van der Waals surface area contributed by atoms with Gasteiger partial charge >= 0.3 is 0 Å². The lowest BCUT2D eigenvalue weighted by Crippen LogP contribution is -2.48. The Morgan fingerprint density at radius 3 is 2.55 bits per heavy atom. The average molecular weight is 544 g/mol. The molecule has 0 spiro atoms. The molecular formula is C24H42IN5O. The third-order valence-electron chi connectivity index (χ3n) is 5.92. The number of rotatable bonds is 9. The minimum absolute atomic E-state index is 0. The maximum Gasteiger partial charge on any atom is 0.223 e. The highest BCUT2D eigenvalue weighted by Crippen LogP contribution is 2.24. The lowest BCUT2D eigenvalue weighted by molar-refractivity contribution is -0.126. The molecule has 3 unspecified atom stereocenters. The van der Waals surface area contributed by atoms with Crippen LogP contribution in [0.5, 0.6) is 0 Å². The second-order valence-corrected chi connectivity index (χ2v) is 8.91. The molecule has 0 radical (unpaired) electrons. The van der Waals surface area contributed by atoms with Crippen LogP contribution in [0.2, 0.25) is 0 Å². The number of carbonyl (C=O) groups excluding carboxylic acids is 1. The molecular weight excluding hydrogens is 501 g/mol. The molecule has 1 fully saturated rings. The summed E-state index contributed by atoms with van der Waals surface area (Å²) in [6.45, 7) is 8.11. The first-order chi connectivity index (χ1) is 14.4. The molecule has 1 amide bonds. The summed E-state index contributed by atoms with van der Waals surface area (Å²) in [6.07, 6.45) is 5.05. The summed E-state index contributed by atoms with van der Waals surface area (Å²) in [7, 11) is 3.99. The van der Waals surface area contributed by atoms with Crippen LogP contribution in [0.1, 0.15) is 58.4 Å². The van der Waals surface area contributed by atoms with Crippen molar-refractivity contribution in [1.29, 1.82) is 0 Å². The molecule has 1 aromatic carbocycles. The molecule has 6 nitrogen and oxygen atoms in total. The Kier molecular flexibility index (Phi) is 13.1. The van der Waals surface area contributed by atoms with Gasteiger partial charge in [-0.2, -0.15) is 0 Å². The molecule has 1 aromatic rings. The van der Waals surface area contributed by atoms with Crippen molar-refractivity contribution in [2.45, 2.75) is 77.5 Å². The number of guanidine groups is 1. The van der Waals surface area contributed by atoms with Crippen molar-refractivity contribution in [3.8, 4) is 0 Å². The number of carbonyl (C=O) groups is 1. The van der Waals surface area contributed by atoms with Gasteiger partial charge in [-0.05, 0) is 59.1 Å². The number of nitrogens with zero attached hydrogens (tertiary/aromatic N) is 2. The lowest BCUT2D eigenvalue weighted by Gasteiger charge is -2.31. The van der Waals surface area contributed by atoms with E-state index in [1.807, 2.05) is 20.9 Å². The van der Waals surface area contributed by atoms with Gasteiger partial charge in [-0.1, -0.05) is 36.8 Å². The van der Waals surface area contributed by atoms with Crippen molar-refractivity contribution in [2.75, 3.05) is 20.6 Å². The second-order valence-electron chi connectivity index (χ2n) is 8.91. The number of amides is 1. The molecule has 1 aliphatic rings. The molecule has 3 N–H and O–H groups in total. The van der Waals surface area contributed by atoms with E-state index >= 15 is 0 Å². The lowest BCUT2D eigenvalue weighted by atomic mass is 9.85. The van der Waals surface area contributed by atoms with Gasteiger partial charge in [-0.3, -0.25) is 14.7 Å². The molecule has 1 saturated carbocycles. The maximum absolute atomic E-state index is 12.4. The van der Waals surface area contributed by atoms with Gasteiger partial charge in [-0.15, -0.1) is 24.0 Å². The summed E-state index contributed by atoms with van der Waals surface area (Å²) < 4.78 is 0. The second kappa shape index (κ2) is 14.7. The number of hydrogen-bond donors (Lipinski definition) is 3. The fourth-order valence-corrected chi connectivity index (χ4v) is 4.00. The first-order valence-corrected chi connectivity index (χ1v) is 11.4. The molecule has 0 bridgehead atoms. The minimum Gasteiger partial charge on any atom is -0.356 e. The summed E-state index contributed by atoms with van der Waals surface area (Å²) in [5.74, 6) is 1.13. The van der Waals surface area contributed by atoms with Gasteiger partial charge in [-0.25, -0.2) is 0 Å². The van der Waals surface area contributed by atoms with Crippen molar-refractivity contribution >= 4 is 35.8 Å². The summed E-state index contributed by atoms with van der Waals surface area (Å²) >= 11 is 0. The largest absolute Gasteiger partial charge is 0.356 e. The Bertz CT molecular complexity index is 667. The summed E-state index contributed by atoms with van der Waals surface area (Å²) in [5, 5.41) is 10.0. The molecule has 7 heteroatoms. The number of nitrogens with one attached hydrogen (secondary N) is 3. The van der Waals surface area contributed by atoms with E-state index in [0.29, 0.717) is 12.1 Å². The van der Waals surface area contributed by atoms with Gasteiger partial charge in [0.15, 0.2) is 5.96 Å². The quantitative estimate of drug-likeness (QED) is 0.252. The van der Waals surface area contributed by atoms with Gasteiger partial charge in [0.2, 0.25) is 5.91 Å². The van der Waals surface area contributed by atoms with Crippen molar-refractivity contribution in [2.24, 2.45) is 10.9 Å². The maximum atomic E-state index is 12.4. The zero-order chi connectivity index (χ0) is 21.9. The van der Waals surface area contributed by atoms with Gasteiger partial charge in [0.1, 0.15) is 0 Å². The van der Waals surface area contributed by atoms with E-state index in [4.69, 9.17) is 0 Å². The van der Waals surface area contributed by atoms with Crippen LogP contribution in [0.3, 0.4) is 0 Å². The van der Waals surface area contributed by atoms with E-state index < -0.39 is 0 Å². The van der Waals surface area contributed by atoms with E-state index in [9.17, 15) is 4.79 Å². The van der Waals surface area contributed by atoms with Gasteiger partial charge in [0.25, 0.3) is 0 Å². The normalized spacial score (nSPS) is 20.2. The topological polar surface area (TPSA) is 68.8 Å². The van der Waals surface area contributed by atoms with E-state index in [1.54, 1.807) is 0 Å². The van der Waals surface area contributed by atoms with E-state index in [2.05, 4.69) is 70.1 Å². The third-order valence-corrected chi connectivity index (χ3v) is 5.92. The van der Waals surface area contributed by atoms with Crippen LogP contribution in [0.15, 0.2) is 35.3 Å². The van der Waals surface area contributed by atoms with Crippen LogP contribution in [-0.4, -0.2) is 55.5 Å². The Hall–Kier alpha value is -1.35. The van der Waals surface area contributed by atoms with Crippen LogP contribution in [-0.2, 0) is 11.3 Å². The highest BCUT2D eigenvalue weighted by atomic mass is 127. The summed E-state index contributed by atoms with van der Waals surface area (Å²) in [4.78, 5) is 19.1. The van der Waals surface area contributed by atoms with E-state index in [-0.39, 0.29) is 41.8 Å². The average Bonchev–Trinajstić information content (AvgIpc) is 2.73. The summed E-state index contributed by atoms with van der Waals surface area (Å²) in [6, 6.07) is 11.5. The predicted octanol–water partition coefficient (Wildman–Crippen LogP) is 3.76. The third kappa shape index (κ3) is 10.2. The first kappa shape index (κ1) is 27.7. The van der Waals surface area contributed by atoms with Crippen molar-refractivity contribution in [1.82, 2.24) is 20.9 Å². The van der Waals surface area contributed by atoms with E-state index in [0.717, 1.165) is 51.2 Å². The van der Waals surface area contributed by atoms with Gasteiger partial charge < -0.3 is 16.0 Å². The molecule has 3 atom stereocenters. The van der Waals surface area contributed by atoms with Gasteiger partial charge in [0, 0.05) is 44.2 Å². The van der Waals surface area contributed by atoms with Crippen LogP contribution < -0.4 is 16.0 Å². The van der Waals surface area contributed by atoms with Crippen molar-refractivity contribution < 1.29 is 4.79 Å². The molecule has 31 heavy (non-hydrogen) atoms. The Morgan fingerprint density at radius 2 is 1.90 bits per heavy atom. The Morgan fingerprint density at radius 1 is 1.19 bits per heavy atom. The number of halogens is 1.